The Kier molecular flexibility index (Phi) is 3.52. The molecule has 1 aliphatic rings. The summed E-state index contributed by atoms with van der Waals surface area (Å²) in [5.41, 5.74) is 7.89. The molecule has 1 saturated carbocycles. The molecule has 20 heavy (non-hydrogen) atoms. The van der Waals surface area contributed by atoms with Gasteiger partial charge in [0.1, 0.15) is 5.75 Å². The van der Waals surface area contributed by atoms with E-state index in [1.165, 1.54) is 0 Å². The lowest BCUT2D eigenvalue weighted by Crippen LogP contribution is -2.14. The minimum atomic E-state index is -0.323. The van der Waals surface area contributed by atoms with Crippen molar-refractivity contribution in [2.45, 2.75) is 25.0 Å². The van der Waals surface area contributed by atoms with Gasteiger partial charge in [0.05, 0.1) is 24.9 Å². The summed E-state index contributed by atoms with van der Waals surface area (Å²) in [5.74, 6) is 1.34. The lowest BCUT2D eigenvalue weighted by molar-refractivity contribution is 0.303. The number of hydrogen-bond acceptors (Lipinski definition) is 5. The molecule has 1 aromatic heterocycles. The van der Waals surface area contributed by atoms with Gasteiger partial charge in [-0.2, -0.15) is 0 Å². The molecule has 1 aliphatic carbocycles. The molecule has 2 aromatic rings. The summed E-state index contributed by atoms with van der Waals surface area (Å²) in [6, 6.07) is 11.1. The second kappa shape index (κ2) is 5.46. The van der Waals surface area contributed by atoms with Gasteiger partial charge in [0.15, 0.2) is 0 Å². The summed E-state index contributed by atoms with van der Waals surface area (Å²) in [5, 5.41) is 8.03. The molecule has 5 heteroatoms. The van der Waals surface area contributed by atoms with Crippen molar-refractivity contribution < 1.29 is 9.47 Å². The molecular weight excluding hydrogens is 254 g/mol. The van der Waals surface area contributed by atoms with Gasteiger partial charge in [-0.3, -0.25) is 0 Å². The average Bonchev–Trinajstić information content (AvgIpc) is 3.31. The fourth-order valence-electron chi connectivity index (χ4n) is 1.94. The molecule has 0 saturated heterocycles. The first-order chi connectivity index (χ1) is 9.76. The Morgan fingerprint density at radius 2 is 2.05 bits per heavy atom. The van der Waals surface area contributed by atoms with Crippen molar-refractivity contribution in [3.05, 3.63) is 47.7 Å². The normalized spacial score (nSPS) is 15.7. The number of rotatable bonds is 5. The highest BCUT2D eigenvalue weighted by atomic mass is 16.5. The lowest BCUT2D eigenvalue weighted by Gasteiger charge is -2.13. The largest absolute Gasteiger partial charge is 0.490 e. The van der Waals surface area contributed by atoms with Crippen LogP contribution >= 0.6 is 0 Å². The average molecular weight is 271 g/mol. The molecule has 0 aliphatic heterocycles. The quantitative estimate of drug-likeness (QED) is 0.901. The summed E-state index contributed by atoms with van der Waals surface area (Å²) < 4.78 is 10.8. The van der Waals surface area contributed by atoms with Crippen molar-refractivity contribution in [1.82, 2.24) is 10.2 Å². The van der Waals surface area contributed by atoms with E-state index < -0.39 is 0 Å². The number of benzene rings is 1. The Labute approximate surface area is 117 Å². The van der Waals surface area contributed by atoms with E-state index in [0.717, 1.165) is 24.2 Å². The number of ether oxygens (including phenoxy) is 2. The number of nitrogens with zero attached hydrogens (tertiary/aromatic N) is 2. The van der Waals surface area contributed by atoms with Crippen LogP contribution in [0.15, 0.2) is 36.4 Å². The lowest BCUT2D eigenvalue weighted by atomic mass is 10.0. The minimum Gasteiger partial charge on any atom is -0.490 e. The van der Waals surface area contributed by atoms with Crippen molar-refractivity contribution in [3.8, 4) is 11.6 Å². The zero-order chi connectivity index (χ0) is 13.9. The smallest absolute Gasteiger partial charge is 0.233 e. The van der Waals surface area contributed by atoms with E-state index in [-0.39, 0.29) is 6.04 Å². The van der Waals surface area contributed by atoms with Crippen LogP contribution in [0.3, 0.4) is 0 Å². The van der Waals surface area contributed by atoms with E-state index in [9.17, 15) is 0 Å². The first kappa shape index (κ1) is 12.9. The third-order valence-electron chi connectivity index (χ3n) is 3.23. The monoisotopic (exact) mass is 271 g/mol. The molecule has 0 spiro atoms. The molecule has 104 valence electrons. The molecule has 1 aromatic carbocycles. The van der Waals surface area contributed by atoms with E-state index in [1.54, 1.807) is 13.2 Å². The van der Waals surface area contributed by atoms with Crippen molar-refractivity contribution in [2.24, 2.45) is 5.73 Å². The first-order valence-corrected chi connectivity index (χ1v) is 6.66. The van der Waals surface area contributed by atoms with Crippen molar-refractivity contribution in [3.63, 3.8) is 0 Å². The predicted octanol–water partition coefficient (Wildman–Crippen LogP) is 2.07. The fourth-order valence-corrected chi connectivity index (χ4v) is 1.94. The van der Waals surface area contributed by atoms with Crippen LogP contribution in [0.4, 0.5) is 0 Å². The van der Waals surface area contributed by atoms with Crippen LogP contribution in [0.1, 0.15) is 30.1 Å². The molecule has 3 rings (SSSR count). The molecule has 2 N–H and O–H groups in total. The summed E-state index contributed by atoms with van der Waals surface area (Å²) >= 11 is 0. The van der Waals surface area contributed by atoms with Gasteiger partial charge in [-0.25, -0.2) is 0 Å². The van der Waals surface area contributed by atoms with Gasteiger partial charge >= 0.3 is 0 Å². The van der Waals surface area contributed by atoms with E-state index in [0.29, 0.717) is 17.7 Å². The first-order valence-electron chi connectivity index (χ1n) is 6.66. The third kappa shape index (κ3) is 2.88. The summed E-state index contributed by atoms with van der Waals surface area (Å²) in [4.78, 5) is 0. The molecule has 1 fully saturated rings. The van der Waals surface area contributed by atoms with Crippen LogP contribution < -0.4 is 15.2 Å². The van der Waals surface area contributed by atoms with E-state index in [2.05, 4.69) is 10.2 Å². The Balaban J connectivity index is 1.79. The minimum absolute atomic E-state index is 0.323. The molecule has 1 unspecified atom stereocenters. The SMILES string of the molecule is COc1ccc(C(N)c2cccc(OC3CC3)c2)nn1. The van der Waals surface area contributed by atoms with Gasteiger partial charge in [-0.05, 0) is 36.6 Å². The number of aromatic nitrogens is 2. The van der Waals surface area contributed by atoms with Crippen molar-refractivity contribution >= 4 is 0 Å². The van der Waals surface area contributed by atoms with Gasteiger partial charge in [0.2, 0.25) is 5.88 Å². The van der Waals surface area contributed by atoms with Crippen LogP contribution in [0.25, 0.3) is 0 Å². The summed E-state index contributed by atoms with van der Waals surface area (Å²) in [6.07, 6.45) is 2.66. The van der Waals surface area contributed by atoms with Gasteiger partial charge < -0.3 is 15.2 Å². The second-order valence-electron chi connectivity index (χ2n) is 4.87. The van der Waals surface area contributed by atoms with Crippen LogP contribution in [-0.2, 0) is 0 Å². The van der Waals surface area contributed by atoms with Gasteiger partial charge in [0, 0.05) is 6.07 Å². The number of methoxy groups -OCH3 is 1. The molecule has 0 bridgehead atoms. The van der Waals surface area contributed by atoms with Crippen molar-refractivity contribution in [2.75, 3.05) is 7.11 Å². The van der Waals surface area contributed by atoms with Crippen LogP contribution in [0.2, 0.25) is 0 Å². The van der Waals surface area contributed by atoms with Gasteiger partial charge in [-0.1, -0.05) is 12.1 Å². The molecule has 1 heterocycles. The van der Waals surface area contributed by atoms with Gasteiger partial charge in [0.25, 0.3) is 0 Å². The molecule has 5 nitrogen and oxygen atoms in total. The molecular formula is C15H17N3O2. The predicted molar refractivity (Wildman–Crippen MR) is 74.7 cm³/mol. The molecule has 0 radical (unpaired) electrons. The highest BCUT2D eigenvalue weighted by Crippen LogP contribution is 2.29. The van der Waals surface area contributed by atoms with Gasteiger partial charge in [-0.15, -0.1) is 10.2 Å². The van der Waals surface area contributed by atoms with Crippen LogP contribution in [0, 0.1) is 0 Å². The summed E-state index contributed by atoms with van der Waals surface area (Å²) in [6.45, 7) is 0. The fraction of sp³-hybridized carbons (Fsp3) is 0.333. The van der Waals surface area contributed by atoms with E-state index >= 15 is 0 Å². The second-order valence-corrected chi connectivity index (χ2v) is 4.87. The third-order valence-corrected chi connectivity index (χ3v) is 3.23. The Morgan fingerprint density at radius 1 is 1.20 bits per heavy atom. The van der Waals surface area contributed by atoms with E-state index in [4.69, 9.17) is 15.2 Å². The highest BCUT2D eigenvalue weighted by Gasteiger charge is 2.23. The number of hydrogen-bond donors (Lipinski definition) is 1. The maximum Gasteiger partial charge on any atom is 0.233 e. The van der Waals surface area contributed by atoms with Crippen LogP contribution in [-0.4, -0.2) is 23.4 Å². The maximum absolute atomic E-state index is 6.22. The van der Waals surface area contributed by atoms with Crippen molar-refractivity contribution in [1.29, 1.82) is 0 Å². The maximum atomic E-state index is 6.22. The van der Waals surface area contributed by atoms with E-state index in [1.807, 2.05) is 30.3 Å². The Bertz CT molecular complexity index is 582. The Hall–Kier alpha value is -2.14. The topological polar surface area (TPSA) is 70.3 Å². The standard InChI is InChI=1S/C15H17N3O2/c1-19-14-8-7-13(17-18-14)15(16)10-3-2-4-12(9-10)20-11-5-6-11/h2-4,7-9,11,15H,5-6,16H2,1H3. The molecule has 0 amide bonds. The zero-order valence-electron chi connectivity index (χ0n) is 11.3. The zero-order valence-corrected chi connectivity index (χ0v) is 11.3. The Morgan fingerprint density at radius 3 is 2.70 bits per heavy atom. The summed E-state index contributed by atoms with van der Waals surface area (Å²) in [7, 11) is 1.56. The number of nitrogens with two attached hydrogens (primary N) is 1. The highest BCUT2D eigenvalue weighted by molar-refractivity contribution is 5.34. The van der Waals surface area contributed by atoms with Crippen LogP contribution in [0.5, 0.6) is 11.6 Å². The molecule has 1 atom stereocenters.